The van der Waals surface area contributed by atoms with Crippen molar-refractivity contribution in [3.8, 4) is 0 Å². The maximum Gasteiger partial charge on any atom is 0.410 e. The van der Waals surface area contributed by atoms with Gasteiger partial charge in [0.15, 0.2) is 0 Å². The molecule has 4 rings (SSSR count). The van der Waals surface area contributed by atoms with Crippen LogP contribution >= 0.6 is 23.2 Å². The first-order chi connectivity index (χ1) is 15.6. The Labute approximate surface area is 202 Å². The van der Waals surface area contributed by atoms with Crippen LogP contribution in [0.2, 0.25) is 10.0 Å². The molecule has 11 heteroatoms. The van der Waals surface area contributed by atoms with Gasteiger partial charge in [0.1, 0.15) is 6.61 Å². The summed E-state index contributed by atoms with van der Waals surface area (Å²) >= 11 is 12.0. The molecule has 176 valence electrons. The third kappa shape index (κ3) is 5.60. The Morgan fingerprint density at radius 1 is 0.970 bits per heavy atom. The minimum Gasteiger partial charge on any atom is -0.445 e. The van der Waals surface area contributed by atoms with Gasteiger partial charge in [-0.3, -0.25) is 4.79 Å². The number of likely N-dealkylation sites (tertiary alicyclic amines) is 2. The van der Waals surface area contributed by atoms with E-state index in [1.807, 2.05) is 0 Å². The number of carbonyl (C=O) groups excluding carboxylic acids is 2. The molecule has 2 amide bonds. The maximum absolute atomic E-state index is 12.9. The molecule has 2 aromatic carbocycles. The van der Waals surface area contributed by atoms with Crippen molar-refractivity contribution in [1.82, 2.24) is 9.80 Å². The highest BCUT2D eigenvalue weighted by Gasteiger charge is 2.40. The molecule has 2 atom stereocenters. The second kappa shape index (κ2) is 9.50. The van der Waals surface area contributed by atoms with E-state index in [0.717, 1.165) is 6.42 Å². The smallest absolute Gasteiger partial charge is 0.410 e. The second-order valence-electron chi connectivity index (χ2n) is 8.37. The van der Waals surface area contributed by atoms with E-state index < -0.39 is 16.1 Å². The van der Waals surface area contributed by atoms with Gasteiger partial charge in [-0.05, 0) is 66.3 Å². The average molecular weight is 512 g/mol. The minimum atomic E-state index is -3.81. The van der Waals surface area contributed by atoms with E-state index in [9.17, 15) is 18.0 Å². The molecule has 2 aliphatic rings. The molecule has 2 heterocycles. The van der Waals surface area contributed by atoms with Crippen molar-refractivity contribution in [3.05, 3.63) is 63.6 Å². The third-order valence-corrected chi connectivity index (χ3v) is 7.43. The fourth-order valence-corrected chi connectivity index (χ4v) is 5.49. The number of hydrogen-bond acceptors (Lipinski definition) is 5. The number of halogens is 2. The number of fused-ring (bicyclic) bond motifs is 1. The van der Waals surface area contributed by atoms with E-state index in [-0.39, 0.29) is 23.3 Å². The summed E-state index contributed by atoms with van der Waals surface area (Å²) in [5.41, 5.74) is 1.11. The molecule has 8 nitrogen and oxygen atoms in total. The lowest BCUT2D eigenvalue weighted by molar-refractivity contribution is 0.0729. The number of rotatable bonds is 4. The maximum atomic E-state index is 12.9. The molecular formula is C22H23Cl2N3O5S. The minimum absolute atomic E-state index is 0.0386. The topological polar surface area (TPSA) is 110 Å². The zero-order chi connectivity index (χ0) is 23.8. The largest absolute Gasteiger partial charge is 0.445 e. The highest BCUT2D eigenvalue weighted by molar-refractivity contribution is 7.89. The van der Waals surface area contributed by atoms with Gasteiger partial charge in [-0.2, -0.15) is 0 Å². The number of carbonyl (C=O) groups is 2. The molecule has 0 radical (unpaired) electrons. The number of nitrogens with two attached hydrogens (primary N) is 1. The SMILES string of the molecule is NS(=O)(=O)c1ccc(C(=O)N2C[C@H]3CCN(C(=O)OCc4cc(Cl)cc(Cl)c4)C[C@@H]3C2)cc1. The van der Waals surface area contributed by atoms with E-state index in [4.69, 9.17) is 33.1 Å². The van der Waals surface area contributed by atoms with Gasteiger partial charge < -0.3 is 14.5 Å². The summed E-state index contributed by atoms with van der Waals surface area (Å²) in [4.78, 5) is 28.9. The van der Waals surface area contributed by atoms with Gasteiger partial charge in [0.25, 0.3) is 5.91 Å². The Morgan fingerprint density at radius 2 is 1.58 bits per heavy atom. The molecule has 2 aromatic rings. The lowest BCUT2D eigenvalue weighted by atomic mass is 9.89. The molecule has 0 aliphatic carbocycles. The van der Waals surface area contributed by atoms with Gasteiger partial charge >= 0.3 is 6.09 Å². The quantitative estimate of drug-likeness (QED) is 0.676. The van der Waals surface area contributed by atoms with Crippen LogP contribution in [0, 0.1) is 11.8 Å². The predicted octanol–water partition coefficient (Wildman–Crippen LogP) is 3.37. The lowest BCUT2D eigenvalue weighted by Gasteiger charge is -2.33. The van der Waals surface area contributed by atoms with Crippen molar-refractivity contribution in [2.45, 2.75) is 17.9 Å². The molecule has 0 unspecified atom stereocenters. The number of sulfonamides is 1. The van der Waals surface area contributed by atoms with Crippen molar-refractivity contribution >= 4 is 45.2 Å². The van der Waals surface area contributed by atoms with Gasteiger partial charge in [-0.1, -0.05) is 23.2 Å². The summed E-state index contributed by atoms with van der Waals surface area (Å²) in [6.45, 7) is 2.26. The summed E-state index contributed by atoms with van der Waals surface area (Å²) in [6.07, 6.45) is 0.365. The summed E-state index contributed by atoms with van der Waals surface area (Å²) < 4.78 is 28.3. The highest BCUT2D eigenvalue weighted by Crippen LogP contribution is 2.32. The Morgan fingerprint density at radius 3 is 2.21 bits per heavy atom. The van der Waals surface area contributed by atoms with Crippen molar-refractivity contribution in [2.24, 2.45) is 17.0 Å². The van der Waals surface area contributed by atoms with E-state index in [1.165, 1.54) is 24.3 Å². The standard InChI is InChI=1S/C22H23Cl2N3O5S/c23-18-7-14(8-19(24)9-18)13-32-22(29)26-6-5-16-10-27(12-17(16)11-26)21(28)15-1-3-20(4-2-15)33(25,30)31/h1-4,7-9,16-17H,5-6,10-13H2,(H2,25,30,31)/t16-,17-/m1/s1. The number of piperidine rings is 1. The van der Waals surface area contributed by atoms with Gasteiger partial charge in [-0.15, -0.1) is 0 Å². The first-order valence-corrected chi connectivity index (χ1v) is 12.7. The fraction of sp³-hybridized carbons (Fsp3) is 0.364. The van der Waals surface area contributed by atoms with Crippen LogP contribution < -0.4 is 5.14 Å². The zero-order valence-corrected chi connectivity index (χ0v) is 19.9. The summed E-state index contributed by atoms with van der Waals surface area (Å²) in [5.74, 6) is 0.283. The van der Waals surface area contributed by atoms with Gasteiger partial charge in [-0.25, -0.2) is 18.4 Å². The molecule has 33 heavy (non-hydrogen) atoms. The Kier molecular flexibility index (Phi) is 6.86. The number of nitrogens with zero attached hydrogens (tertiary/aromatic N) is 2. The predicted molar refractivity (Wildman–Crippen MR) is 124 cm³/mol. The number of primary sulfonamides is 1. The fourth-order valence-electron chi connectivity index (χ4n) is 4.40. The van der Waals surface area contributed by atoms with Crippen LogP contribution in [0.5, 0.6) is 0 Å². The van der Waals surface area contributed by atoms with Crippen LogP contribution in [-0.2, 0) is 21.4 Å². The van der Waals surface area contributed by atoms with Crippen molar-refractivity contribution < 1.29 is 22.7 Å². The molecule has 2 aliphatic heterocycles. The first-order valence-electron chi connectivity index (χ1n) is 10.4. The van der Waals surface area contributed by atoms with Crippen molar-refractivity contribution in [3.63, 3.8) is 0 Å². The molecular weight excluding hydrogens is 489 g/mol. The Balaban J connectivity index is 1.33. The first kappa shape index (κ1) is 23.8. The van der Waals surface area contributed by atoms with Gasteiger partial charge in [0.2, 0.25) is 10.0 Å². The van der Waals surface area contributed by atoms with E-state index in [1.54, 1.807) is 28.0 Å². The normalized spacial score (nSPS) is 20.5. The van der Waals surface area contributed by atoms with Crippen molar-refractivity contribution in [2.75, 3.05) is 26.2 Å². The molecule has 0 spiro atoms. The average Bonchev–Trinajstić information content (AvgIpc) is 3.19. The number of benzene rings is 2. The van der Waals surface area contributed by atoms with E-state index in [2.05, 4.69) is 0 Å². The van der Waals surface area contributed by atoms with Crippen LogP contribution in [0.3, 0.4) is 0 Å². The van der Waals surface area contributed by atoms with Crippen LogP contribution in [0.25, 0.3) is 0 Å². The molecule has 0 aromatic heterocycles. The Hall–Kier alpha value is -2.33. The number of ether oxygens (including phenoxy) is 1. The van der Waals surface area contributed by atoms with Crippen molar-refractivity contribution in [1.29, 1.82) is 0 Å². The third-order valence-electron chi connectivity index (χ3n) is 6.06. The number of amides is 2. The second-order valence-corrected chi connectivity index (χ2v) is 10.8. The van der Waals surface area contributed by atoms with Crippen LogP contribution in [0.1, 0.15) is 22.3 Å². The number of hydrogen-bond donors (Lipinski definition) is 1. The molecule has 0 saturated carbocycles. The van der Waals surface area contributed by atoms with Gasteiger partial charge in [0.05, 0.1) is 4.90 Å². The summed E-state index contributed by atoms with van der Waals surface area (Å²) in [6, 6.07) is 10.6. The molecule has 2 saturated heterocycles. The monoisotopic (exact) mass is 511 g/mol. The summed E-state index contributed by atoms with van der Waals surface area (Å²) in [7, 11) is -3.81. The Bertz CT molecular complexity index is 1150. The lowest BCUT2D eigenvalue weighted by Crippen LogP contribution is -2.43. The molecule has 2 N–H and O–H groups in total. The van der Waals surface area contributed by atoms with Crippen LogP contribution in [0.15, 0.2) is 47.4 Å². The zero-order valence-electron chi connectivity index (χ0n) is 17.6. The summed E-state index contributed by atoms with van der Waals surface area (Å²) in [5, 5.41) is 6.06. The van der Waals surface area contributed by atoms with E-state index >= 15 is 0 Å². The van der Waals surface area contributed by atoms with E-state index in [0.29, 0.717) is 53.3 Å². The highest BCUT2D eigenvalue weighted by atomic mass is 35.5. The molecule has 2 fully saturated rings. The molecule has 0 bridgehead atoms. The van der Waals surface area contributed by atoms with Crippen LogP contribution in [0.4, 0.5) is 4.79 Å². The van der Waals surface area contributed by atoms with Gasteiger partial charge in [0, 0.05) is 41.8 Å². The van der Waals surface area contributed by atoms with Crippen LogP contribution in [-0.4, -0.2) is 56.4 Å².